The zero-order valence-corrected chi connectivity index (χ0v) is 14.5. The van der Waals surface area contributed by atoms with Gasteiger partial charge in [0.25, 0.3) is 11.8 Å². The van der Waals surface area contributed by atoms with E-state index in [9.17, 15) is 14.4 Å². The lowest BCUT2D eigenvalue weighted by Crippen LogP contribution is -2.54. The maximum absolute atomic E-state index is 12.5. The molecule has 1 aromatic carbocycles. The minimum Gasteiger partial charge on any atom is -0.372 e. The normalized spacial score (nSPS) is 19.7. The molecule has 2 heterocycles. The van der Waals surface area contributed by atoms with Crippen LogP contribution in [0.25, 0.3) is 6.08 Å². The van der Waals surface area contributed by atoms with Crippen molar-refractivity contribution in [1.82, 2.24) is 10.2 Å². The molecule has 132 valence electrons. The van der Waals surface area contributed by atoms with Crippen molar-refractivity contribution in [3.63, 3.8) is 0 Å². The maximum atomic E-state index is 12.5. The molecule has 0 unspecified atom stereocenters. The number of barbiturate groups is 1. The van der Waals surface area contributed by atoms with Gasteiger partial charge < -0.3 is 4.90 Å². The standard InChI is InChI=1S/C19H23N3O3/c1-2-3-12-22-18(24)16(17(23)20-19(22)25)13-14-6-8-15(9-7-14)21-10-4-5-11-21/h6-9,13H,2-5,10-12H2,1H3,(H,20,23,25)/b16-13+. The van der Waals surface area contributed by atoms with Crippen LogP contribution >= 0.6 is 0 Å². The average molecular weight is 341 g/mol. The van der Waals surface area contributed by atoms with Crippen LogP contribution in [0.2, 0.25) is 0 Å². The Morgan fingerprint density at radius 2 is 1.76 bits per heavy atom. The van der Waals surface area contributed by atoms with Crippen LogP contribution in [-0.4, -0.2) is 42.4 Å². The molecule has 3 rings (SSSR count). The molecule has 2 aliphatic heterocycles. The Morgan fingerprint density at radius 1 is 1.08 bits per heavy atom. The summed E-state index contributed by atoms with van der Waals surface area (Å²) in [6.07, 6.45) is 5.55. The topological polar surface area (TPSA) is 69.7 Å². The van der Waals surface area contributed by atoms with E-state index in [0.29, 0.717) is 13.0 Å². The van der Waals surface area contributed by atoms with Crippen molar-refractivity contribution in [2.75, 3.05) is 24.5 Å². The molecule has 2 fully saturated rings. The molecule has 25 heavy (non-hydrogen) atoms. The van der Waals surface area contributed by atoms with Gasteiger partial charge in [0.15, 0.2) is 0 Å². The van der Waals surface area contributed by atoms with Gasteiger partial charge in [0.2, 0.25) is 0 Å². The summed E-state index contributed by atoms with van der Waals surface area (Å²) in [4.78, 5) is 39.8. The Labute approximate surface area is 147 Å². The number of hydrogen-bond donors (Lipinski definition) is 1. The SMILES string of the molecule is CCCCN1C(=O)NC(=O)/C(=C\c2ccc(N3CCCC3)cc2)C1=O. The van der Waals surface area contributed by atoms with Crippen LogP contribution in [0.3, 0.4) is 0 Å². The summed E-state index contributed by atoms with van der Waals surface area (Å²) in [7, 11) is 0. The molecule has 1 aromatic rings. The van der Waals surface area contributed by atoms with E-state index in [1.807, 2.05) is 31.2 Å². The second-order valence-electron chi connectivity index (χ2n) is 6.41. The van der Waals surface area contributed by atoms with E-state index in [1.165, 1.54) is 12.8 Å². The van der Waals surface area contributed by atoms with Crippen LogP contribution < -0.4 is 10.2 Å². The molecule has 0 aliphatic carbocycles. The van der Waals surface area contributed by atoms with Crippen molar-refractivity contribution in [3.8, 4) is 0 Å². The number of unbranched alkanes of at least 4 members (excludes halogenated alkanes) is 1. The summed E-state index contributed by atoms with van der Waals surface area (Å²) in [5, 5.41) is 2.25. The first-order chi connectivity index (χ1) is 12.1. The molecule has 6 nitrogen and oxygen atoms in total. The van der Waals surface area contributed by atoms with Crippen molar-refractivity contribution < 1.29 is 14.4 Å². The zero-order valence-electron chi connectivity index (χ0n) is 14.5. The number of imide groups is 2. The maximum Gasteiger partial charge on any atom is 0.331 e. The van der Waals surface area contributed by atoms with Crippen molar-refractivity contribution in [3.05, 3.63) is 35.4 Å². The van der Waals surface area contributed by atoms with Gasteiger partial charge in [-0.25, -0.2) is 4.79 Å². The van der Waals surface area contributed by atoms with Gasteiger partial charge in [-0.15, -0.1) is 0 Å². The summed E-state index contributed by atoms with van der Waals surface area (Å²) in [6, 6.07) is 7.17. The average Bonchev–Trinajstić information content (AvgIpc) is 3.13. The number of benzene rings is 1. The highest BCUT2D eigenvalue weighted by Gasteiger charge is 2.35. The first-order valence-corrected chi connectivity index (χ1v) is 8.84. The highest BCUT2D eigenvalue weighted by Crippen LogP contribution is 2.22. The number of anilines is 1. The van der Waals surface area contributed by atoms with Crippen LogP contribution in [0, 0.1) is 0 Å². The summed E-state index contributed by atoms with van der Waals surface area (Å²) < 4.78 is 0. The molecule has 0 aromatic heterocycles. The third kappa shape index (κ3) is 3.73. The van der Waals surface area contributed by atoms with Crippen molar-refractivity contribution in [2.24, 2.45) is 0 Å². The van der Waals surface area contributed by atoms with E-state index in [0.717, 1.165) is 35.7 Å². The quantitative estimate of drug-likeness (QED) is 0.660. The number of hydrogen-bond acceptors (Lipinski definition) is 4. The monoisotopic (exact) mass is 341 g/mol. The molecule has 0 radical (unpaired) electrons. The summed E-state index contributed by atoms with van der Waals surface area (Å²) in [6.45, 7) is 4.43. The Morgan fingerprint density at radius 3 is 2.40 bits per heavy atom. The first kappa shape index (κ1) is 17.2. The molecule has 0 saturated carbocycles. The lowest BCUT2D eigenvalue weighted by atomic mass is 10.1. The number of carbonyl (C=O) groups is 3. The predicted molar refractivity (Wildman–Crippen MR) is 96.0 cm³/mol. The van der Waals surface area contributed by atoms with Crippen LogP contribution in [0.1, 0.15) is 38.2 Å². The van der Waals surface area contributed by atoms with Gasteiger partial charge in [0.1, 0.15) is 5.57 Å². The Balaban J connectivity index is 1.79. The summed E-state index contributed by atoms with van der Waals surface area (Å²) >= 11 is 0. The fourth-order valence-corrected chi connectivity index (χ4v) is 3.14. The lowest BCUT2D eigenvalue weighted by Gasteiger charge is -2.26. The van der Waals surface area contributed by atoms with Crippen LogP contribution in [0.15, 0.2) is 29.8 Å². The van der Waals surface area contributed by atoms with Crippen molar-refractivity contribution in [2.45, 2.75) is 32.6 Å². The van der Waals surface area contributed by atoms with Crippen LogP contribution in [0.4, 0.5) is 10.5 Å². The number of carbonyl (C=O) groups excluding carboxylic acids is 3. The molecule has 2 saturated heterocycles. The number of nitrogens with one attached hydrogen (secondary N) is 1. The lowest BCUT2D eigenvalue weighted by molar-refractivity contribution is -0.130. The summed E-state index contributed by atoms with van der Waals surface area (Å²) in [5.74, 6) is -1.16. The highest BCUT2D eigenvalue weighted by molar-refractivity contribution is 6.31. The second kappa shape index (κ2) is 7.51. The van der Waals surface area contributed by atoms with E-state index in [2.05, 4.69) is 10.2 Å². The molecule has 6 heteroatoms. The van der Waals surface area contributed by atoms with Crippen LogP contribution in [-0.2, 0) is 9.59 Å². The third-order valence-corrected chi connectivity index (χ3v) is 4.60. The molecule has 1 N–H and O–H groups in total. The fourth-order valence-electron chi connectivity index (χ4n) is 3.14. The zero-order chi connectivity index (χ0) is 17.8. The van der Waals surface area contributed by atoms with E-state index in [4.69, 9.17) is 0 Å². The second-order valence-corrected chi connectivity index (χ2v) is 6.41. The van der Waals surface area contributed by atoms with Gasteiger partial charge in [-0.1, -0.05) is 25.5 Å². The highest BCUT2D eigenvalue weighted by atomic mass is 16.2. The van der Waals surface area contributed by atoms with Crippen molar-refractivity contribution in [1.29, 1.82) is 0 Å². The summed E-state index contributed by atoms with van der Waals surface area (Å²) in [5.41, 5.74) is 1.93. The largest absolute Gasteiger partial charge is 0.372 e. The molecular formula is C19H23N3O3. The molecule has 2 aliphatic rings. The van der Waals surface area contributed by atoms with Gasteiger partial charge in [0.05, 0.1) is 0 Å². The van der Waals surface area contributed by atoms with Gasteiger partial charge in [0, 0.05) is 25.3 Å². The van der Waals surface area contributed by atoms with Gasteiger partial charge in [-0.2, -0.15) is 0 Å². The third-order valence-electron chi connectivity index (χ3n) is 4.60. The van der Waals surface area contributed by atoms with Gasteiger partial charge in [-0.3, -0.25) is 19.8 Å². The van der Waals surface area contributed by atoms with Crippen LogP contribution in [0.5, 0.6) is 0 Å². The molecule has 4 amide bonds. The number of rotatable bonds is 5. The number of urea groups is 1. The Kier molecular flexibility index (Phi) is 5.16. The van der Waals surface area contributed by atoms with E-state index in [-0.39, 0.29) is 5.57 Å². The molecule has 0 atom stereocenters. The minimum absolute atomic E-state index is 0.00428. The predicted octanol–water partition coefficient (Wildman–Crippen LogP) is 2.55. The smallest absolute Gasteiger partial charge is 0.331 e. The fraction of sp³-hybridized carbons (Fsp3) is 0.421. The van der Waals surface area contributed by atoms with Gasteiger partial charge >= 0.3 is 6.03 Å². The number of amides is 4. The molecular weight excluding hydrogens is 318 g/mol. The Bertz CT molecular complexity index is 703. The van der Waals surface area contributed by atoms with E-state index in [1.54, 1.807) is 6.08 Å². The van der Waals surface area contributed by atoms with E-state index < -0.39 is 17.8 Å². The Hall–Kier alpha value is -2.63. The van der Waals surface area contributed by atoms with Crippen molar-refractivity contribution >= 4 is 29.6 Å². The molecule has 0 spiro atoms. The first-order valence-electron chi connectivity index (χ1n) is 8.84. The molecule has 0 bridgehead atoms. The number of nitrogens with zero attached hydrogens (tertiary/aromatic N) is 2. The minimum atomic E-state index is -0.634. The van der Waals surface area contributed by atoms with Gasteiger partial charge in [-0.05, 0) is 43.0 Å². The van der Waals surface area contributed by atoms with E-state index >= 15 is 0 Å².